The van der Waals surface area contributed by atoms with Crippen LogP contribution in [0.25, 0.3) is 39.3 Å². The van der Waals surface area contributed by atoms with Crippen molar-refractivity contribution >= 4 is 0 Å². The van der Waals surface area contributed by atoms with Gasteiger partial charge in [-0.3, -0.25) is 0 Å². The van der Waals surface area contributed by atoms with E-state index in [1.807, 2.05) is 41.1 Å². The molecule has 0 fully saturated rings. The summed E-state index contributed by atoms with van der Waals surface area (Å²) in [6, 6.07) is 32.4. The van der Waals surface area contributed by atoms with Gasteiger partial charge in [-0.1, -0.05) is 84.4 Å². The summed E-state index contributed by atoms with van der Waals surface area (Å²) >= 11 is 0. The lowest BCUT2D eigenvalue weighted by atomic mass is 9.89. The van der Waals surface area contributed by atoms with Crippen molar-refractivity contribution in [3.63, 3.8) is 0 Å². The first kappa shape index (κ1) is 20.8. The molecule has 0 amide bonds. The van der Waals surface area contributed by atoms with Crippen LogP contribution in [-0.2, 0) is 0 Å². The van der Waals surface area contributed by atoms with Crippen LogP contribution in [0.2, 0.25) is 0 Å². The van der Waals surface area contributed by atoms with Crippen molar-refractivity contribution in [1.82, 2.24) is 9.78 Å². The van der Waals surface area contributed by atoms with Gasteiger partial charge in [-0.15, -0.1) is 0 Å². The molecule has 3 heteroatoms. The van der Waals surface area contributed by atoms with E-state index in [0.717, 1.165) is 33.8 Å². The lowest BCUT2D eigenvalue weighted by molar-refractivity contribution is 0.475. The normalized spacial score (nSPS) is 11.0. The molecule has 1 aromatic heterocycles. The van der Waals surface area contributed by atoms with Crippen LogP contribution in [0.15, 0.2) is 97.1 Å². The molecule has 3 nitrogen and oxygen atoms in total. The standard InChI is InChI=1S/C30H26N2O/c1-20-17-21(2)27(22(3)18-20)28-29(23-11-6-4-7-12-23)31-32(25-15-10-16-26(33)19-25)30(28)24-13-8-5-9-14-24/h4-19,33H,1-3H3. The zero-order valence-corrected chi connectivity index (χ0v) is 19.1. The highest BCUT2D eigenvalue weighted by atomic mass is 16.3. The molecule has 1 N–H and O–H groups in total. The van der Waals surface area contributed by atoms with E-state index in [1.165, 1.54) is 22.3 Å². The van der Waals surface area contributed by atoms with Crippen LogP contribution in [0.1, 0.15) is 16.7 Å². The summed E-state index contributed by atoms with van der Waals surface area (Å²) in [5.74, 6) is 0.215. The fraction of sp³-hybridized carbons (Fsp3) is 0.100. The van der Waals surface area contributed by atoms with E-state index in [9.17, 15) is 5.11 Å². The fourth-order valence-electron chi connectivity index (χ4n) is 4.70. The van der Waals surface area contributed by atoms with E-state index in [0.29, 0.717) is 0 Å². The summed E-state index contributed by atoms with van der Waals surface area (Å²) < 4.78 is 1.96. The zero-order valence-electron chi connectivity index (χ0n) is 19.1. The van der Waals surface area contributed by atoms with Gasteiger partial charge in [0.15, 0.2) is 0 Å². The molecule has 0 saturated carbocycles. The van der Waals surface area contributed by atoms with Gasteiger partial charge in [-0.2, -0.15) is 5.10 Å². The van der Waals surface area contributed by atoms with Crippen LogP contribution in [0.4, 0.5) is 0 Å². The molecule has 33 heavy (non-hydrogen) atoms. The number of phenols is 1. The summed E-state index contributed by atoms with van der Waals surface area (Å²) in [5.41, 5.74) is 10.9. The Balaban J connectivity index is 1.95. The van der Waals surface area contributed by atoms with Gasteiger partial charge in [0.2, 0.25) is 0 Å². The van der Waals surface area contributed by atoms with Gasteiger partial charge >= 0.3 is 0 Å². The van der Waals surface area contributed by atoms with E-state index in [1.54, 1.807) is 12.1 Å². The van der Waals surface area contributed by atoms with E-state index >= 15 is 0 Å². The number of aryl methyl sites for hydroxylation is 3. The fourth-order valence-corrected chi connectivity index (χ4v) is 4.70. The summed E-state index contributed by atoms with van der Waals surface area (Å²) in [7, 11) is 0. The molecule has 0 radical (unpaired) electrons. The molecule has 5 aromatic rings. The number of phenolic OH excluding ortho intramolecular Hbond substituents is 1. The highest BCUT2D eigenvalue weighted by Gasteiger charge is 2.25. The third-order valence-electron chi connectivity index (χ3n) is 5.98. The van der Waals surface area contributed by atoms with Crippen LogP contribution in [0.3, 0.4) is 0 Å². The monoisotopic (exact) mass is 430 g/mol. The molecule has 0 aliphatic carbocycles. The molecule has 0 bridgehead atoms. The van der Waals surface area contributed by atoms with Crippen molar-refractivity contribution in [2.45, 2.75) is 20.8 Å². The van der Waals surface area contributed by atoms with E-state index in [4.69, 9.17) is 5.10 Å². The van der Waals surface area contributed by atoms with Crippen molar-refractivity contribution < 1.29 is 5.11 Å². The zero-order chi connectivity index (χ0) is 22.9. The maximum Gasteiger partial charge on any atom is 0.117 e. The van der Waals surface area contributed by atoms with Crippen LogP contribution in [-0.4, -0.2) is 14.9 Å². The molecular formula is C30H26N2O. The molecule has 0 spiro atoms. The molecule has 0 aliphatic heterocycles. The maximum absolute atomic E-state index is 10.2. The average Bonchev–Trinajstić information content (AvgIpc) is 3.20. The first-order chi connectivity index (χ1) is 16.0. The van der Waals surface area contributed by atoms with Gasteiger partial charge in [0, 0.05) is 22.8 Å². The van der Waals surface area contributed by atoms with Crippen molar-refractivity contribution in [1.29, 1.82) is 0 Å². The first-order valence-corrected chi connectivity index (χ1v) is 11.1. The SMILES string of the molecule is Cc1cc(C)c(-c2c(-c3ccccc3)nn(-c3cccc(O)c3)c2-c2ccccc2)c(C)c1. The van der Waals surface area contributed by atoms with Gasteiger partial charge in [-0.25, -0.2) is 4.68 Å². The van der Waals surface area contributed by atoms with E-state index in [2.05, 4.69) is 69.3 Å². The minimum Gasteiger partial charge on any atom is -0.508 e. The summed E-state index contributed by atoms with van der Waals surface area (Å²) in [5, 5.41) is 15.4. The minimum atomic E-state index is 0.215. The molecule has 4 aromatic carbocycles. The lowest BCUT2D eigenvalue weighted by Gasteiger charge is -2.15. The topological polar surface area (TPSA) is 38.0 Å². The molecule has 0 atom stereocenters. The van der Waals surface area contributed by atoms with Crippen molar-refractivity contribution in [2.75, 3.05) is 0 Å². The Morgan fingerprint density at radius 2 is 1.24 bits per heavy atom. The minimum absolute atomic E-state index is 0.215. The van der Waals surface area contributed by atoms with Crippen LogP contribution >= 0.6 is 0 Å². The Labute approximate surface area is 194 Å². The van der Waals surface area contributed by atoms with Gasteiger partial charge < -0.3 is 5.11 Å². The highest BCUT2D eigenvalue weighted by Crippen LogP contribution is 2.44. The third kappa shape index (κ3) is 3.83. The number of benzene rings is 4. The van der Waals surface area contributed by atoms with Gasteiger partial charge in [0.25, 0.3) is 0 Å². The average molecular weight is 431 g/mol. The van der Waals surface area contributed by atoms with Crippen LogP contribution < -0.4 is 0 Å². The molecule has 0 unspecified atom stereocenters. The number of aromatic hydroxyl groups is 1. The first-order valence-electron chi connectivity index (χ1n) is 11.1. The van der Waals surface area contributed by atoms with E-state index in [-0.39, 0.29) is 5.75 Å². The molecule has 1 heterocycles. The Morgan fingerprint density at radius 1 is 0.636 bits per heavy atom. The van der Waals surface area contributed by atoms with Gasteiger partial charge in [0.05, 0.1) is 11.4 Å². The smallest absolute Gasteiger partial charge is 0.117 e. The summed E-state index contributed by atoms with van der Waals surface area (Å²) in [6.45, 7) is 6.48. The second-order valence-electron chi connectivity index (χ2n) is 8.51. The lowest BCUT2D eigenvalue weighted by Crippen LogP contribution is -2.00. The second kappa shape index (κ2) is 8.44. The molecule has 162 valence electrons. The van der Waals surface area contributed by atoms with Crippen molar-refractivity contribution in [2.24, 2.45) is 0 Å². The molecule has 0 aliphatic rings. The molecule has 0 saturated heterocycles. The predicted octanol–water partition coefficient (Wildman–Crippen LogP) is 7.50. The Bertz CT molecular complexity index is 1410. The summed E-state index contributed by atoms with van der Waals surface area (Å²) in [4.78, 5) is 0. The van der Waals surface area contributed by atoms with Gasteiger partial charge in [-0.05, 0) is 49.6 Å². The summed E-state index contributed by atoms with van der Waals surface area (Å²) in [6.07, 6.45) is 0. The predicted molar refractivity (Wildman–Crippen MR) is 136 cm³/mol. The Morgan fingerprint density at radius 3 is 1.85 bits per heavy atom. The number of hydrogen-bond donors (Lipinski definition) is 1. The van der Waals surface area contributed by atoms with E-state index < -0.39 is 0 Å². The Kier molecular flexibility index (Phi) is 5.31. The number of aromatic nitrogens is 2. The maximum atomic E-state index is 10.2. The number of nitrogens with zero attached hydrogens (tertiary/aromatic N) is 2. The van der Waals surface area contributed by atoms with Crippen molar-refractivity contribution in [3.8, 4) is 45.1 Å². The largest absolute Gasteiger partial charge is 0.508 e. The van der Waals surface area contributed by atoms with Gasteiger partial charge in [0.1, 0.15) is 11.4 Å². The third-order valence-corrected chi connectivity index (χ3v) is 5.98. The second-order valence-corrected chi connectivity index (χ2v) is 8.51. The quantitative estimate of drug-likeness (QED) is 0.320. The molecular weight excluding hydrogens is 404 g/mol. The number of hydrogen-bond acceptors (Lipinski definition) is 2. The Hall–Kier alpha value is -4.11. The highest BCUT2D eigenvalue weighted by molar-refractivity contribution is 5.94. The van der Waals surface area contributed by atoms with Crippen molar-refractivity contribution in [3.05, 3.63) is 114 Å². The number of rotatable bonds is 4. The van der Waals surface area contributed by atoms with Crippen LogP contribution in [0.5, 0.6) is 5.75 Å². The molecule has 5 rings (SSSR count). The van der Waals surface area contributed by atoms with Crippen LogP contribution in [0, 0.1) is 20.8 Å².